The summed E-state index contributed by atoms with van der Waals surface area (Å²) in [5, 5.41) is 13.1. The molecule has 2 aromatic rings. The lowest BCUT2D eigenvalue weighted by molar-refractivity contribution is 0.394. The van der Waals surface area contributed by atoms with Crippen molar-refractivity contribution in [2.45, 2.75) is 26.8 Å². The molecule has 0 aliphatic heterocycles. The van der Waals surface area contributed by atoms with Crippen molar-refractivity contribution in [3.8, 4) is 6.07 Å². The van der Waals surface area contributed by atoms with Crippen molar-refractivity contribution in [2.75, 3.05) is 0 Å². The summed E-state index contributed by atoms with van der Waals surface area (Å²) in [4.78, 5) is 11.9. The molecule has 88 valence electrons. The number of hydrogen-bond donors (Lipinski definition) is 0. The first-order valence-electron chi connectivity index (χ1n) is 5.49. The van der Waals surface area contributed by atoms with Gasteiger partial charge < -0.3 is 0 Å². The molecule has 0 amide bonds. The van der Waals surface area contributed by atoms with Gasteiger partial charge in [-0.05, 0) is 32.4 Å². The lowest BCUT2D eigenvalue weighted by Gasteiger charge is -2.13. The van der Waals surface area contributed by atoms with Crippen molar-refractivity contribution in [1.82, 2.24) is 14.2 Å². The topological polar surface area (TPSA) is 63.1 Å². The Bertz CT molecular complexity index is 630. The van der Waals surface area contributed by atoms with E-state index in [9.17, 15) is 4.79 Å². The van der Waals surface area contributed by atoms with Crippen LogP contribution in [0.25, 0.3) is 5.65 Å². The zero-order chi connectivity index (χ0) is 12.5. The zero-order valence-corrected chi connectivity index (χ0v) is 9.92. The molecule has 0 bridgehead atoms. The Morgan fingerprint density at radius 3 is 2.88 bits per heavy atom. The minimum Gasteiger partial charge on any atom is -0.250 e. The maximum absolute atomic E-state index is 11.9. The molecule has 0 unspecified atom stereocenters. The Morgan fingerprint density at radius 2 is 2.24 bits per heavy atom. The number of nitriles is 1. The van der Waals surface area contributed by atoms with Gasteiger partial charge in [0.05, 0.1) is 11.5 Å². The van der Waals surface area contributed by atoms with Crippen LogP contribution in [-0.2, 0) is 6.54 Å². The highest BCUT2D eigenvalue weighted by Gasteiger charge is 2.17. The van der Waals surface area contributed by atoms with Crippen LogP contribution in [-0.4, -0.2) is 14.2 Å². The second kappa shape index (κ2) is 4.06. The summed E-state index contributed by atoms with van der Waals surface area (Å²) in [6.45, 7) is 4.17. The Hall–Kier alpha value is -2.09. The summed E-state index contributed by atoms with van der Waals surface area (Å²) >= 11 is 0. The van der Waals surface area contributed by atoms with Crippen molar-refractivity contribution in [3.63, 3.8) is 0 Å². The molecule has 0 fully saturated rings. The van der Waals surface area contributed by atoms with Gasteiger partial charge in [0.2, 0.25) is 0 Å². The lowest BCUT2D eigenvalue weighted by atomic mass is 9.92. The van der Waals surface area contributed by atoms with E-state index in [1.807, 2.05) is 19.9 Å². The third-order valence-electron chi connectivity index (χ3n) is 2.74. The first-order chi connectivity index (χ1) is 8.03. The van der Waals surface area contributed by atoms with Crippen LogP contribution in [0, 0.1) is 16.7 Å². The number of aromatic nitrogens is 3. The van der Waals surface area contributed by atoms with Gasteiger partial charge in [-0.2, -0.15) is 5.26 Å². The van der Waals surface area contributed by atoms with E-state index in [0.29, 0.717) is 18.6 Å². The fourth-order valence-corrected chi connectivity index (χ4v) is 1.56. The first-order valence-corrected chi connectivity index (χ1v) is 5.49. The average molecular weight is 230 g/mol. The average Bonchev–Trinajstić information content (AvgIpc) is 2.65. The van der Waals surface area contributed by atoms with E-state index in [1.54, 1.807) is 18.3 Å². The van der Waals surface area contributed by atoms with E-state index < -0.39 is 5.41 Å². The molecule has 0 radical (unpaired) electrons. The molecular weight excluding hydrogens is 216 g/mol. The molecule has 2 heterocycles. The highest BCUT2D eigenvalue weighted by molar-refractivity contribution is 5.35. The first kappa shape index (κ1) is 11.4. The summed E-state index contributed by atoms with van der Waals surface area (Å²) in [7, 11) is 0. The molecule has 17 heavy (non-hydrogen) atoms. The predicted molar refractivity (Wildman–Crippen MR) is 63.5 cm³/mol. The smallest absolute Gasteiger partial charge is 0.250 e. The molecule has 5 heteroatoms. The fraction of sp³-hybridized carbons (Fsp3) is 0.417. The largest absolute Gasteiger partial charge is 0.350 e. The maximum Gasteiger partial charge on any atom is 0.350 e. The molecule has 2 rings (SSSR count). The SMILES string of the molecule is CC(C)(C#N)CCn1nc2ccccn2c1=O. The molecule has 0 aliphatic rings. The van der Waals surface area contributed by atoms with Crippen LogP contribution in [0.2, 0.25) is 0 Å². The molecule has 0 N–H and O–H groups in total. The Kier molecular flexibility index (Phi) is 2.72. The Labute approximate surface area is 98.9 Å². The summed E-state index contributed by atoms with van der Waals surface area (Å²) in [6.07, 6.45) is 2.30. The molecule has 5 nitrogen and oxygen atoms in total. The standard InChI is InChI=1S/C12H14N4O/c1-12(2,9-13)6-8-16-11(17)15-7-4-3-5-10(15)14-16/h3-5,7H,6,8H2,1-2H3. The van der Waals surface area contributed by atoms with Crippen LogP contribution in [0.1, 0.15) is 20.3 Å². The second-order valence-corrected chi connectivity index (χ2v) is 4.68. The minimum atomic E-state index is -0.435. The quantitative estimate of drug-likeness (QED) is 0.801. The van der Waals surface area contributed by atoms with Crippen molar-refractivity contribution in [3.05, 3.63) is 34.9 Å². The van der Waals surface area contributed by atoms with E-state index in [4.69, 9.17) is 5.26 Å². The molecule has 0 saturated carbocycles. The van der Waals surface area contributed by atoms with Crippen molar-refractivity contribution >= 4 is 5.65 Å². The monoisotopic (exact) mass is 230 g/mol. The van der Waals surface area contributed by atoms with Gasteiger partial charge in [0.1, 0.15) is 0 Å². The highest BCUT2D eigenvalue weighted by atomic mass is 16.2. The number of aryl methyl sites for hydroxylation is 1. The summed E-state index contributed by atoms with van der Waals surface area (Å²) < 4.78 is 2.91. The van der Waals surface area contributed by atoms with E-state index in [1.165, 1.54) is 9.08 Å². The number of rotatable bonds is 3. The third kappa shape index (κ3) is 2.21. The summed E-state index contributed by atoms with van der Waals surface area (Å²) in [5.74, 6) is 0. The number of fused-ring (bicyclic) bond motifs is 1. The predicted octanol–water partition coefficient (Wildman–Crippen LogP) is 1.44. The van der Waals surface area contributed by atoms with E-state index in [0.717, 1.165) is 0 Å². The minimum absolute atomic E-state index is 0.158. The third-order valence-corrected chi connectivity index (χ3v) is 2.74. The fourth-order valence-electron chi connectivity index (χ4n) is 1.56. The van der Waals surface area contributed by atoms with Gasteiger partial charge >= 0.3 is 5.69 Å². The van der Waals surface area contributed by atoms with Crippen LogP contribution < -0.4 is 5.69 Å². The van der Waals surface area contributed by atoms with Crippen LogP contribution >= 0.6 is 0 Å². The van der Waals surface area contributed by atoms with Gasteiger partial charge in [-0.1, -0.05) is 6.07 Å². The Morgan fingerprint density at radius 1 is 1.47 bits per heavy atom. The summed E-state index contributed by atoms with van der Waals surface area (Å²) in [5.41, 5.74) is 0.0384. The second-order valence-electron chi connectivity index (χ2n) is 4.68. The molecule has 2 aromatic heterocycles. The highest BCUT2D eigenvalue weighted by Crippen LogP contribution is 2.18. The molecule has 0 aliphatic carbocycles. The zero-order valence-electron chi connectivity index (χ0n) is 9.92. The molecule has 0 atom stereocenters. The maximum atomic E-state index is 11.9. The number of nitrogens with zero attached hydrogens (tertiary/aromatic N) is 4. The van der Waals surface area contributed by atoms with Crippen molar-refractivity contribution < 1.29 is 0 Å². The van der Waals surface area contributed by atoms with E-state index in [-0.39, 0.29) is 5.69 Å². The van der Waals surface area contributed by atoms with Crippen LogP contribution in [0.15, 0.2) is 29.2 Å². The molecule has 0 saturated heterocycles. The van der Waals surface area contributed by atoms with Crippen molar-refractivity contribution in [1.29, 1.82) is 5.26 Å². The van der Waals surface area contributed by atoms with Crippen LogP contribution in [0.4, 0.5) is 0 Å². The van der Waals surface area contributed by atoms with Crippen LogP contribution in [0.3, 0.4) is 0 Å². The Balaban J connectivity index is 2.29. The normalized spacial score (nSPS) is 11.6. The van der Waals surface area contributed by atoms with Gasteiger partial charge in [0.15, 0.2) is 5.65 Å². The van der Waals surface area contributed by atoms with E-state index >= 15 is 0 Å². The van der Waals surface area contributed by atoms with Crippen LogP contribution in [0.5, 0.6) is 0 Å². The van der Waals surface area contributed by atoms with Gasteiger partial charge in [0, 0.05) is 12.7 Å². The van der Waals surface area contributed by atoms with Gasteiger partial charge in [-0.3, -0.25) is 4.40 Å². The molecule has 0 aromatic carbocycles. The molecule has 0 spiro atoms. The number of pyridine rings is 1. The van der Waals surface area contributed by atoms with Gasteiger partial charge in [-0.25, -0.2) is 9.48 Å². The number of hydrogen-bond acceptors (Lipinski definition) is 3. The van der Waals surface area contributed by atoms with Gasteiger partial charge in [-0.15, -0.1) is 5.10 Å². The van der Waals surface area contributed by atoms with Gasteiger partial charge in [0.25, 0.3) is 0 Å². The van der Waals surface area contributed by atoms with E-state index in [2.05, 4.69) is 11.2 Å². The molecular formula is C12H14N4O. The summed E-state index contributed by atoms with van der Waals surface area (Å²) in [6, 6.07) is 7.63. The lowest BCUT2D eigenvalue weighted by Crippen LogP contribution is -2.23. The van der Waals surface area contributed by atoms with Crippen molar-refractivity contribution in [2.24, 2.45) is 5.41 Å².